The Morgan fingerprint density at radius 3 is 2.50 bits per heavy atom. The average Bonchev–Trinajstić information content (AvgIpc) is 3.30. The number of hydrogen-bond acceptors (Lipinski definition) is 4. The maximum atomic E-state index is 12.3. The van der Waals surface area contributed by atoms with E-state index in [0.29, 0.717) is 23.6 Å². The highest BCUT2D eigenvalue weighted by Gasteiger charge is 2.09. The van der Waals surface area contributed by atoms with Crippen LogP contribution in [0.1, 0.15) is 16.1 Å². The lowest BCUT2D eigenvalue weighted by Crippen LogP contribution is -2.24. The van der Waals surface area contributed by atoms with Crippen molar-refractivity contribution >= 4 is 34.0 Å². The van der Waals surface area contributed by atoms with E-state index in [4.69, 9.17) is 4.42 Å². The van der Waals surface area contributed by atoms with E-state index in [-0.39, 0.29) is 18.4 Å². The van der Waals surface area contributed by atoms with Gasteiger partial charge in [-0.2, -0.15) is 0 Å². The molecule has 3 N–H and O–H groups in total. The molecule has 3 aromatic carbocycles. The Balaban J connectivity index is 1.32. The minimum Gasteiger partial charge on any atom is -0.467 e. The number of fused-ring (bicyclic) bond motifs is 1. The van der Waals surface area contributed by atoms with Gasteiger partial charge < -0.3 is 20.4 Å². The van der Waals surface area contributed by atoms with Gasteiger partial charge in [-0.15, -0.1) is 0 Å². The van der Waals surface area contributed by atoms with Crippen molar-refractivity contribution < 1.29 is 14.0 Å². The molecule has 0 aliphatic carbocycles. The lowest BCUT2D eigenvalue weighted by Gasteiger charge is -2.10. The molecule has 0 saturated heterocycles. The first-order chi connectivity index (χ1) is 14.7. The Bertz CT molecular complexity index is 1170. The normalized spacial score (nSPS) is 10.5. The standard InChI is InChI=1S/C24H21N3O3/c28-23(16-25-20-11-10-17-5-1-2-6-18(17)13-20)27-21-8-3-7-19(14-21)24(29)26-15-22-9-4-12-30-22/h1-14,25H,15-16H2,(H,26,29)(H,27,28). The zero-order chi connectivity index (χ0) is 20.8. The number of benzene rings is 3. The zero-order valence-corrected chi connectivity index (χ0v) is 16.2. The van der Waals surface area contributed by atoms with Gasteiger partial charge in [0.15, 0.2) is 0 Å². The van der Waals surface area contributed by atoms with E-state index in [1.807, 2.05) is 42.5 Å². The SMILES string of the molecule is O=C(CNc1ccc2ccccc2c1)Nc1cccc(C(=O)NCc2ccco2)c1. The van der Waals surface area contributed by atoms with Gasteiger partial charge in [0.2, 0.25) is 5.91 Å². The highest BCUT2D eigenvalue weighted by Crippen LogP contribution is 2.18. The first-order valence-electron chi connectivity index (χ1n) is 9.60. The quantitative estimate of drug-likeness (QED) is 0.430. The summed E-state index contributed by atoms with van der Waals surface area (Å²) in [6.45, 7) is 0.422. The van der Waals surface area contributed by atoms with Crippen molar-refractivity contribution in [3.8, 4) is 0 Å². The molecule has 0 aliphatic rings. The molecule has 0 saturated carbocycles. The fraction of sp³-hybridized carbons (Fsp3) is 0.0833. The predicted molar refractivity (Wildman–Crippen MR) is 117 cm³/mol. The summed E-state index contributed by atoms with van der Waals surface area (Å²) in [5.41, 5.74) is 1.89. The van der Waals surface area contributed by atoms with Crippen LogP contribution in [0.15, 0.2) is 89.5 Å². The van der Waals surface area contributed by atoms with Crippen LogP contribution in [-0.4, -0.2) is 18.4 Å². The summed E-state index contributed by atoms with van der Waals surface area (Å²) < 4.78 is 5.20. The highest BCUT2D eigenvalue weighted by atomic mass is 16.3. The van der Waals surface area contributed by atoms with Gasteiger partial charge in [0, 0.05) is 16.9 Å². The van der Waals surface area contributed by atoms with Crippen molar-refractivity contribution in [3.63, 3.8) is 0 Å². The molecule has 6 heteroatoms. The van der Waals surface area contributed by atoms with E-state index in [2.05, 4.69) is 16.0 Å². The number of rotatable bonds is 7. The van der Waals surface area contributed by atoms with Crippen LogP contribution in [0.4, 0.5) is 11.4 Å². The summed E-state index contributed by atoms with van der Waals surface area (Å²) in [7, 11) is 0. The van der Waals surface area contributed by atoms with Gasteiger partial charge in [-0.3, -0.25) is 9.59 Å². The molecule has 30 heavy (non-hydrogen) atoms. The largest absolute Gasteiger partial charge is 0.467 e. The topological polar surface area (TPSA) is 83.4 Å². The zero-order valence-electron chi connectivity index (χ0n) is 16.2. The summed E-state index contributed by atoms with van der Waals surface area (Å²) in [4.78, 5) is 24.6. The molecular weight excluding hydrogens is 378 g/mol. The molecule has 150 valence electrons. The van der Waals surface area contributed by atoms with Crippen molar-refractivity contribution in [2.75, 3.05) is 17.2 Å². The fourth-order valence-electron chi connectivity index (χ4n) is 3.11. The first kappa shape index (κ1) is 19.3. The molecule has 0 atom stereocenters. The minimum atomic E-state index is -0.239. The molecule has 0 spiro atoms. The smallest absolute Gasteiger partial charge is 0.251 e. The maximum absolute atomic E-state index is 12.3. The Kier molecular flexibility index (Phi) is 5.75. The molecule has 0 aliphatic heterocycles. The lowest BCUT2D eigenvalue weighted by atomic mass is 10.1. The number of amides is 2. The molecule has 4 rings (SSSR count). The second kappa shape index (κ2) is 8.96. The van der Waals surface area contributed by atoms with Crippen LogP contribution < -0.4 is 16.0 Å². The van der Waals surface area contributed by atoms with Gasteiger partial charge >= 0.3 is 0 Å². The van der Waals surface area contributed by atoms with Crippen molar-refractivity contribution in [3.05, 3.63) is 96.4 Å². The van der Waals surface area contributed by atoms with Gasteiger partial charge in [0.1, 0.15) is 5.76 Å². The molecular formula is C24H21N3O3. The Morgan fingerprint density at radius 1 is 0.800 bits per heavy atom. The van der Waals surface area contributed by atoms with E-state index >= 15 is 0 Å². The van der Waals surface area contributed by atoms with Crippen LogP contribution >= 0.6 is 0 Å². The Hall–Kier alpha value is -4.06. The lowest BCUT2D eigenvalue weighted by molar-refractivity contribution is -0.114. The third-order valence-electron chi connectivity index (χ3n) is 4.61. The van der Waals surface area contributed by atoms with Crippen molar-refractivity contribution in [1.82, 2.24) is 5.32 Å². The summed E-state index contributed by atoms with van der Waals surface area (Å²) >= 11 is 0. The molecule has 4 aromatic rings. The second-order valence-corrected chi connectivity index (χ2v) is 6.81. The number of hydrogen-bond donors (Lipinski definition) is 3. The number of anilines is 2. The van der Waals surface area contributed by atoms with Crippen molar-refractivity contribution in [2.45, 2.75) is 6.54 Å². The summed E-state index contributed by atoms with van der Waals surface area (Å²) in [6.07, 6.45) is 1.56. The van der Waals surface area contributed by atoms with E-state index in [9.17, 15) is 9.59 Å². The molecule has 6 nitrogen and oxygen atoms in total. The van der Waals surface area contributed by atoms with Crippen molar-refractivity contribution in [1.29, 1.82) is 0 Å². The second-order valence-electron chi connectivity index (χ2n) is 6.81. The van der Waals surface area contributed by atoms with E-state index in [1.165, 1.54) is 0 Å². The molecule has 2 amide bonds. The summed E-state index contributed by atoms with van der Waals surface area (Å²) in [6, 6.07) is 24.4. The molecule has 0 radical (unpaired) electrons. The van der Waals surface area contributed by atoms with Gasteiger partial charge in [-0.05, 0) is 53.2 Å². The average molecular weight is 399 g/mol. The molecule has 1 aromatic heterocycles. The summed E-state index contributed by atoms with van der Waals surface area (Å²) in [5, 5.41) is 11.0. The Labute approximate surface area is 173 Å². The molecule has 1 heterocycles. The summed E-state index contributed by atoms with van der Waals surface area (Å²) in [5.74, 6) is 0.237. The van der Waals surface area contributed by atoms with Crippen LogP contribution in [0.5, 0.6) is 0 Å². The predicted octanol–water partition coefficient (Wildman–Crippen LogP) is 4.41. The van der Waals surface area contributed by atoms with Crippen molar-refractivity contribution in [2.24, 2.45) is 0 Å². The number of carbonyl (C=O) groups is 2. The van der Waals surface area contributed by atoms with Crippen LogP contribution in [-0.2, 0) is 11.3 Å². The Morgan fingerprint density at radius 2 is 1.67 bits per heavy atom. The number of carbonyl (C=O) groups excluding carboxylic acids is 2. The van der Waals surface area contributed by atoms with Gasteiger partial charge in [-0.1, -0.05) is 36.4 Å². The highest BCUT2D eigenvalue weighted by molar-refractivity contribution is 5.98. The van der Waals surface area contributed by atoms with Crippen LogP contribution in [0.3, 0.4) is 0 Å². The number of furan rings is 1. The fourth-order valence-corrected chi connectivity index (χ4v) is 3.11. The van der Waals surface area contributed by atoms with Gasteiger partial charge in [0.05, 0.1) is 19.4 Å². The third-order valence-corrected chi connectivity index (χ3v) is 4.61. The number of nitrogens with one attached hydrogen (secondary N) is 3. The van der Waals surface area contributed by atoms with Gasteiger partial charge in [-0.25, -0.2) is 0 Å². The first-order valence-corrected chi connectivity index (χ1v) is 9.60. The van der Waals surface area contributed by atoms with Crippen LogP contribution in [0, 0.1) is 0 Å². The van der Waals surface area contributed by atoms with E-state index in [0.717, 1.165) is 16.5 Å². The molecule has 0 unspecified atom stereocenters. The monoisotopic (exact) mass is 399 g/mol. The third kappa shape index (κ3) is 4.86. The maximum Gasteiger partial charge on any atom is 0.251 e. The molecule has 0 fully saturated rings. The van der Waals surface area contributed by atoms with Gasteiger partial charge in [0.25, 0.3) is 5.91 Å². The molecule has 0 bridgehead atoms. The van der Waals surface area contributed by atoms with E-state index in [1.54, 1.807) is 42.7 Å². The minimum absolute atomic E-state index is 0.118. The van der Waals surface area contributed by atoms with E-state index < -0.39 is 0 Å². The van der Waals surface area contributed by atoms with Crippen LogP contribution in [0.25, 0.3) is 10.8 Å². The van der Waals surface area contributed by atoms with Crippen LogP contribution in [0.2, 0.25) is 0 Å².